The molecule has 1 unspecified atom stereocenters. The van der Waals surface area contributed by atoms with Gasteiger partial charge < -0.3 is 14.7 Å². The van der Waals surface area contributed by atoms with Crippen LogP contribution in [0, 0.1) is 0 Å². The third-order valence-corrected chi connectivity index (χ3v) is 4.26. The molecule has 2 heterocycles. The molecule has 0 aliphatic carbocycles. The van der Waals surface area contributed by atoms with Gasteiger partial charge in [-0.3, -0.25) is 0 Å². The summed E-state index contributed by atoms with van der Waals surface area (Å²) in [4.78, 5) is 2.36. The zero-order chi connectivity index (χ0) is 11.9. The van der Waals surface area contributed by atoms with Crippen molar-refractivity contribution in [3.63, 3.8) is 0 Å². The van der Waals surface area contributed by atoms with E-state index in [0.717, 1.165) is 31.5 Å². The first kappa shape index (κ1) is 11.2. The maximum atomic E-state index is 9.89. The first-order valence-corrected chi connectivity index (χ1v) is 6.29. The van der Waals surface area contributed by atoms with Crippen molar-refractivity contribution in [2.24, 2.45) is 0 Å². The van der Waals surface area contributed by atoms with Crippen LogP contribution in [0.2, 0.25) is 0 Å². The second-order valence-corrected chi connectivity index (χ2v) is 5.33. The first-order valence-electron chi connectivity index (χ1n) is 6.29. The second kappa shape index (κ2) is 4.09. The Balaban J connectivity index is 2.00. The molecule has 0 bridgehead atoms. The molecule has 2 aliphatic heterocycles. The molecule has 3 nitrogen and oxygen atoms in total. The van der Waals surface area contributed by atoms with Gasteiger partial charge in [0.05, 0.1) is 6.61 Å². The summed E-state index contributed by atoms with van der Waals surface area (Å²) in [6.45, 7) is 2.86. The molecule has 1 spiro atoms. The quantitative estimate of drug-likeness (QED) is 0.740. The van der Waals surface area contributed by atoms with Crippen LogP contribution in [0.25, 0.3) is 0 Å². The normalized spacial score (nSPS) is 28.0. The van der Waals surface area contributed by atoms with Gasteiger partial charge in [-0.15, -0.1) is 0 Å². The Morgan fingerprint density at radius 2 is 2.00 bits per heavy atom. The Labute approximate surface area is 102 Å². The van der Waals surface area contributed by atoms with Crippen molar-refractivity contribution in [1.82, 2.24) is 4.90 Å². The van der Waals surface area contributed by atoms with E-state index in [1.807, 2.05) is 12.1 Å². The van der Waals surface area contributed by atoms with Gasteiger partial charge in [0, 0.05) is 11.0 Å². The number of aliphatic hydroxyl groups excluding tert-OH is 1. The summed E-state index contributed by atoms with van der Waals surface area (Å²) in [6, 6.07) is 8.18. The molecule has 0 radical (unpaired) electrons. The Hall–Kier alpha value is -0.900. The standard InChI is InChI=1S/C14H19NO2/c1-15-8-6-14(7-9-15)10-17-13(16)11-4-2-3-5-12(11)14/h2-5,13,16H,6-10H2,1H3. The Morgan fingerprint density at radius 3 is 2.76 bits per heavy atom. The van der Waals surface area contributed by atoms with Crippen LogP contribution in [0.5, 0.6) is 0 Å². The van der Waals surface area contributed by atoms with E-state index >= 15 is 0 Å². The number of aliphatic hydroxyl groups is 1. The number of benzene rings is 1. The van der Waals surface area contributed by atoms with Crippen LogP contribution in [0.1, 0.15) is 30.3 Å². The van der Waals surface area contributed by atoms with E-state index in [4.69, 9.17) is 4.74 Å². The molecule has 1 fully saturated rings. The van der Waals surface area contributed by atoms with E-state index in [9.17, 15) is 5.11 Å². The topological polar surface area (TPSA) is 32.7 Å². The third-order valence-electron chi connectivity index (χ3n) is 4.26. The zero-order valence-corrected chi connectivity index (χ0v) is 10.2. The van der Waals surface area contributed by atoms with Gasteiger partial charge in [-0.05, 0) is 38.5 Å². The fourth-order valence-corrected chi connectivity index (χ4v) is 3.06. The molecule has 3 heteroatoms. The Morgan fingerprint density at radius 1 is 1.29 bits per heavy atom. The molecule has 1 aromatic carbocycles. The van der Waals surface area contributed by atoms with Crippen molar-refractivity contribution < 1.29 is 9.84 Å². The maximum absolute atomic E-state index is 9.89. The van der Waals surface area contributed by atoms with E-state index in [-0.39, 0.29) is 5.41 Å². The lowest BCUT2D eigenvalue weighted by atomic mass is 9.70. The summed E-state index contributed by atoms with van der Waals surface area (Å²) in [5.74, 6) is 0. The van der Waals surface area contributed by atoms with Gasteiger partial charge >= 0.3 is 0 Å². The minimum Gasteiger partial charge on any atom is -0.364 e. The lowest BCUT2D eigenvalue weighted by Gasteiger charge is -2.45. The summed E-state index contributed by atoms with van der Waals surface area (Å²) in [5, 5.41) is 9.89. The van der Waals surface area contributed by atoms with Crippen LogP contribution in [0.3, 0.4) is 0 Å². The number of hydrogen-bond donors (Lipinski definition) is 1. The minimum absolute atomic E-state index is 0.127. The van der Waals surface area contributed by atoms with Crippen LogP contribution in [-0.4, -0.2) is 36.8 Å². The molecule has 92 valence electrons. The third kappa shape index (κ3) is 1.79. The number of likely N-dealkylation sites (tertiary alicyclic amines) is 1. The van der Waals surface area contributed by atoms with Gasteiger partial charge in [-0.1, -0.05) is 24.3 Å². The predicted octanol–water partition coefficient (Wildman–Crippen LogP) is 1.67. The number of piperidine rings is 1. The summed E-state index contributed by atoms with van der Waals surface area (Å²) < 4.78 is 5.57. The fourth-order valence-electron chi connectivity index (χ4n) is 3.06. The maximum Gasteiger partial charge on any atom is 0.181 e. The summed E-state index contributed by atoms with van der Waals surface area (Å²) in [7, 11) is 2.16. The molecule has 1 saturated heterocycles. The van der Waals surface area contributed by atoms with Crippen molar-refractivity contribution in [2.45, 2.75) is 24.5 Å². The molecule has 1 atom stereocenters. The van der Waals surface area contributed by atoms with Crippen LogP contribution < -0.4 is 0 Å². The van der Waals surface area contributed by atoms with Crippen molar-refractivity contribution in [3.05, 3.63) is 35.4 Å². The molecule has 1 N–H and O–H groups in total. The van der Waals surface area contributed by atoms with E-state index in [2.05, 4.69) is 24.1 Å². The SMILES string of the molecule is CN1CCC2(CC1)COC(O)c1ccccc12. The van der Waals surface area contributed by atoms with Crippen molar-refractivity contribution in [3.8, 4) is 0 Å². The highest BCUT2D eigenvalue weighted by atomic mass is 16.6. The lowest BCUT2D eigenvalue weighted by Crippen LogP contribution is -2.46. The molecule has 2 aliphatic rings. The molecule has 0 aromatic heterocycles. The highest BCUT2D eigenvalue weighted by molar-refractivity contribution is 5.37. The first-order chi connectivity index (χ1) is 8.21. The van der Waals surface area contributed by atoms with Crippen LogP contribution in [0.4, 0.5) is 0 Å². The molecule has 3 rings (SSSR count). The average Bonchev–Trinajstić information content (AvgIpc) is 2.38. The predicted molar refractivity (Wildman–Crippen MR) is 65.8 cm³/mol. The van der Waals surface area contributed by atoms with Gasteiger partial charge in [0.1, 0.15) is 0 Å². The lowest BCUT2D eigenvalue weighted by molar-refractivity contribution is -0.137. The minimum atomic E-state index is -0.739. The molecule has 0 amide bonds. The zero-order valence-electron chi connectivity index (χ0n) is 10.2. The van der Waals surface area contributed by atoms with Gasteiger partial charge in [0.15, 0.2) is 6.29 Å². The molecule has 17 heavy (non-hydrogen) atoms. The highest BCUT2D eigenvalue weighted by Gasteiger charge is 2.41. The van der Waals surface area contributed by atoms with E-state index in [1.165, 1.54) is 5.56 Å². The number of ether oxygens (including phenoxy) is 1. The van der Waals surface area contributed by atoms with Gasteiger partial charge in [-0.25, -0.2) is 0 Å². The number of hydrogen-bond acceptors (Lipinski definition) is 3. The average molecular weight is 233 g/mol. The van der Waals surface area contributed by atoms with E-state index in [1.54, 1.807) is 0 Å². The number of rotatable bonds is 0. The van der Waals surface area contributed by atoms with Crippen LogP contribution in [-0.2, 0) is 10.2 Å². The largest absolute Gasteiger partial charge is 0.364 e. The molecule has 1 aromatic rings. The number of fused-ring (bicyclic) bond motifs is 2. The van der Waals surface area contributed by atoms with Crippen molar-refractivity contribution >= 4 is 0 Å². The molecular formula is C14H19NO2. The highest BCUT2D eigenvalue weighted by Crippen LogP contribution is 2.43. The van der Waals surface area contributed by atoms with Crippen molar-refractivity contribution in [2.75, 3.05) is 26.7 Å². The van der Waals surface area contributed by atoms with Crippen LogP contribution in [0.15, 0.2) is 24.3 Å². The molecular weight excluding hydrogens is 214 g/mol. The van der Waals surface area contributed by atoms with Gasteiger partial charge in [0.2, 0.25) is 0 Å². The summed E-state index contributed by atoms with van der Waals surface area (Å²) in [6.07, 6.45) is 1.50. The second-order valence-electron chi connectivity index (χ2n) is 5.33. The Kier molecular flexibility index (Phi) is 2.69. The van der Waals surface area contributed by atoms with Gasteiger partial charge in [-0.2, -0.15) is 0 Å². The Bertz CT molecular complexity index is 410. The van der Waals surface area contributed by atoms with Gasteiger partial charge in [0.25, 0.3) is 0 Å². The molecule has 0 saturated carbocycles. The number of nitrogens with zero attached hydrogens (tertiary/aromatic N) is 1. The summed E-state index contributed by atoms with van der Waals surface area (Å²) >= 11 is 0. The van der Waals surface area contributed by atoms with E-state index < -0.39 is 6.29 Å². The van der Waals surface area contributed by atoms with E-state index in [0.29, 0.717) is 6.61 Å². The fraction of sp³-hybridized carbons (Fsp3) is 0.571. The smallest absolute Gasteiger partial charge is 0.181 e. The van der Waals surface area contributed by atoms with Crippen LogP contribution >= 0.6 is 0 Å². The summed E-state index contributed by atoms with van der Waals surface area (Å²) in [5.41, 5.74) is 2.39. The monoisotopic (exact) mass is 233 g/mol. The van der Waals surface area contributed by atoms with Crippen molar-refractivity contribution in [1.29, 1.82) is 0 Å².